The highest BCUT2D eigenvalue weighted by Gasteiger charge is 2.11. The number of nitrogens with zero attached hydrogens (tertiary/aromatic N) is 3. The summed E-state index contributed by atoms with van der Waals surface area (Å²) in [7, 11) is 0. The first-order chi connectivity index (χ1) is 7.61. The van der Waals surface area contributed by atoms with Gasteiger partial charge in [-0.25, -0.2) is 15.0 Å². The van der Waals surface area contributed by atoms with Crippen LogP contribution in [0.15, 0.2) is 5.38 Å². The number of aromatic nitrogens is 3. The predicted octanol–water partition coefficient (Wildman–Crippen LogP) is 3.43. The minimum Gasteiger partial charge on any atom is -0.238 e. The third kappa shape index (κ3) is 2.08. The fourth-order valence-electron chi connectivity index (χ4n) is 1.43. The van der Waals surface area contributed by atoms with Gasteiger partial charge in [0.1, 0.15) is 5.15 Å². The van der Waals surface area contributed by atoms with Crippen molar-refractivity contribution in [3.8, 4) is 10.8 Å². The second-order valence-electron chi connectivity index (χ2n) is 3.56. The van der Waals surface area contributed by atoms with E-state index in [1.54, 1.807) is 11.3 Å². The largest absolute Gasteiger partial charge is 0.238 e. The maximum atomic E-state index is 6.08. The molecule has 2 heterocycles. The average Bonchev–Trinajstić information content (AvgIpc) is 2.69. The average molecular weight is 254 g/mol. The lowest BCUT2D eigenvalue weighted by Crippen LogP contribution is -1.99. The van der Waals surface area contributed by atoms with Crippen LogP contribution in [-0.4, -0.2) is 15.0 Å². The molecule has 0 aliphatic rings. The van der Waals surface area contributed by atoms with E-state index in [4.69, 9.17) is 11.6 Å². The Bertz CT molecular complexity index is 522. The Morgan fingerprint density at radius 2 is 2.00 bits per heavy atom. The van der Waals surface area contributed by atoms with Crippen LogP contribution in [0.4, 0.5) is 0 Å². The molecule has 0 unspecified atom stereocenters. The Morgan fingerprint density at radius 3 is 2.56 bits per heavy atom. The number of rotatable bonds is 2. The highest BCUT2D eigenvalue weighted by molar-refractivity contribution is 7.13. The summed E-state index contributed by atoms with van der Waals surface area (Å²) < 4.78 is 0. The highest BCUT2D eigenvalue weighted by atomic mass is 35.5. The van der Waals surface area contributed by atoms with Gasteiger partial charge in [0.05, 0.1) is 0 Å². The van der Waals surface area contributed by atoms with Gasteiger partial charge in [0.2, 0.25) is 0 Å². The highest BCUT2D eigenvalue weighted by Crippen LogP contribution is 2.24. The summed E-state index contributed by atoms with van der Waals surface area (Å²) in [6, 6.07) is 0. The molecule has 0 aliphatic heterocycles. The van der Waals surface area contributed by atoms with Gasteiger partial charge < -0.3 is 0 Å². The van der Waals surface area contributed by atoms with Gasteiger partial charge in [-0.1, -0.05) is 18.5 Å². The monoisotopic (exact) mass is 253 g/mol. The summed E-state index contributed by atoms with van der Waals surface area (Å²) in [5.41, 5.74) is 2.93. The molecule has 2 aromatic rings. The van der Waals surface area contributed by atoms with E-state index in [0.29, 0.717) is 11.0 Å². The van der Waals surface area contributed by atoms with Crippen molar-refractivity contribution in [3.05, 3.63) is 27.5 Å². The van der Waals surface area contributed by atoms with E-state index in [1.165, 1.54) is 0 Å². The summed E-state index contributed by atoms with van der Waals surface area (Å²) in [5.74, 6) is 0.630. The normalized spacial score (nSPS) is 10.8. The van der Waals surface area contributed by atoms with Gasteiger partial charge in [-0.2, -0.15) is 0 Å². The van der Waals surface area contributed by atoms with Crippen LogP contribution in [0.5, 0.6) is 0 Å². The van der Waals surface area contributed by atoms with Crippen molar-refractivity contribution in [2.45, 2.75) is 27.2 Å². The van der Waals surface area contributed by atoms with E-state index in [1.807, 2.05) is 19.2 Å². The Kier molecular flexibility index (Phi) is 3.21. The SMILES string of the molecule is CCc1nc(-c2nc(C)cs2)nc(Cl)c1C. The second kappa shape index (κ2) is 4.47. The van der Waals surface area contributed by atoms with E-state index in [0.717, 1.165) is 28.4 Å². The van der Waals surface area contributed by atoms with Gasteiger partial charge in [-0.3, -0.25) is 0 Å². The van der Waals surface area contributed by atoms with Gasteiger partial charge in [-0.15, -0.1) is 11.3 Å². The van der Waals surface area contributed by atoms with E-state index in [2.05, 4.69) is 21.9 Å². The molecule has 0 atom stereocenters. The molecule has 0 radical (unpaired) electrons. The lowest BCUT2D eigenvalue weighted by molar-refractivity contribution is 0.974. The number of hydrogen-bond donors (Lipinski definition) is 0. The number of aryl methyl sites for hydroxylation is 2. The molecule has 2 aromatic heterocycles. The molecule has 0 fully saturated rings. The third-order valence-electron chi connectivity index (χ3n) is 2.33. The Hall–Kier alpha value is -1.00. The number of hydrogen-bond acceptors (Lipinski definition) is 4. The molecular weight excluding hydrogens is 242 g/mol. The summed E-state index contributed by atoms with van der Waals surface area (Å²) in [6.45, 7) is 5.96. The van der Waals surface area contributed by atoms with Crippen LogP contribution in [-0.2, 0) is 6.42 Å². The number of halogens is 1. The van der Waals surface area contributed by atoms with Gasteiger partial charge >= 0.3 is 0 Å². The van der Waals surface area contributed by atoms with Crippen molar-refractivity contribution in [1.29, 1.82) is 0 Å². The van der Waals surface area contributed by atoms with E-state index < -0.39 is 0 Å². The standard InChI is InChI=1S/C11H12ClN3S/c1-4-8-7(3)9(12)15-10(14-8)11-13-6(2)5-16-11/h5H,4H2,1-3H3. The molecule has 84 valence electrons. The zero-order valence-corrected chi connectivity index (χ0v) is 11.0. The summed E-state index contributed by atoms with van der Waals surface area (Å²) in [5, 5.41) is 3.33. The fraction of sp³-hybridized carbons (Fsp3) is 0.364. The third-order valence-corrected chi connectivity index (χ3v) is 3.66. The first-order valence-electron chi connectivity index (χ1n) is 5.07. The first kappa shape index (κ1) is 11.5. The van der Waals surface area contributed by atoms with Gasteiger partial charge in [0.15, 0.2) is 10.8 Å². The minimum absolute atomic E-state index is 0.523. The quantitative estimate of drug-likeness (QED) is 0.770. The van der Waals surface area contributed by atoms with Crippen LogP contribution in [0.2, 0.25) is 5.15 Å². The van der Waals surface area contributed by atoms with Crippen molar-refractivity contribution in [2.24, 2.45) is 0 Å². The van der Waals surface area contributed by atoms with Crippen molar-refractivity contribution in [2.75, 3.05) is 0 Å². The van der Waals surface area contributed by atoms with E-state index in [-0.39, 0.29) is 0 Å². The molecule has 3 nitrogen and oxygen atoms in total. The summed E-state index contributed by atoms with van der Waals surface area (Å²) in [4.78, 5) is 13.1. The Balaban J connectivity index is 2.54. The molecule has 0 N–H and O–H groups in total. The van der Waals surface area contributed by atoms with Crippen LogP contribution in [0.1, 0.15) is 23.9 Å². The maximum absolute atomic E-state index is 6.08. The van der Waals surface area contributed by atoms with Crippen molar-refractivity contribution >= 4 is 22.9 Å². The first-order valence-corrected chi connectivity index (χ1v) is 6.33. The van der Waals surface area contributed by atoms with Gasteiger partial charge in [0.25, 0.3) is 0 Å². The molecule has 0 saturated carbocycles. The van der Waals surface area contributed by atoms with Crippen LogP contribution >= 0.6 is 22.9 Å². The number of thiazole rings is 1. The zero-order chi connectivity index (χ0) is 11.7. The van der Waals surface area contributed by atoms with Crippen LogP contribution in [0.25, 0.3) is 10.8 Å². The Morgan fingerprint density at radius 1 is 1.25 bits per heavy atom. The minimum atomic E-state index is 0.523. The molecular formula is C11H12ClN3S. The molecule has 0 aliphatic carbocycles. The zero-order valence-electron chi connectivity index (χ0n) is 9.41. The van der Waals surface area contributed by atoms with Gasteiger partial charge in [0, 0.05) is 22.3 Å². The molecule has 5 heteroatoms. The van der Waals surface area contributed by atoms with Crippen LogP contribution in [0, 0.1) is 13.8 Å². The van der Waals surface area contributed by atoms with Crippen molar-refractivity contribution in [1.82, 2.24) is 15.0 Å². The smallest absolute Gasteiger partial charge is 0.190 e. The summed E-state index contributed by atoms with van der Waals surface area (Å²) >= 11 is 7.62. The molecule has 0 bridgehead atoms. The molecule has 0 aromatic carbocycles. The molecule has 0 saturated heterocycles. The van der Waals surface area contributed by atoms with E-state index in [9.17, 15) is 0 Å². The molecule has 0 spiro atoms. The fourth-order valence-corrected chi connectivity index (χ4v) is 2.35. The van der Waals surface area contributed by atoms with Crippen molar-refractivity contribution < 1.29 is 0 Å². The van der Waals surface area contributed by atoms with Crippen LogP contribution < -0.4 is 0 Å². The molecule has 2 rings (SSSR count). The summed E-state index contributed by atoms with van der Waals surface area (Å²) in [6.07, 6.45) is 0.853. The van der Waals surface area contributed by atoms with Crippen molar-refractivity contribution in [3.63, 3.8) is 0 Å². The van der Waals surface area contributed by atoms with E-state index >= 15 is 0 Å². The predicted molar refractivity (Wildman–Crippen MR) is 67.0 cm³/mol. The maximum Gasteiger partial charge on any atom is 0.190 e. The molecule has 16 heavy (non-hydrogen) atoms. The lowest BCUT2D eigenvalue weighted by Gasteiger charge is -2.05. The topological polar surface area (TPSA) is 38.7 Å². The molecule has 0 amide bonds. The van der Waals surface area contributed by atoms with Gasteiger partial charge in [-0.05, 0) is 20.3 Å². The lowest BCUT2D eigenvalue weighted by atomic mass is 10.2. The van der Waals surface area contributed by atoms with Crippen LogP contribution in [0.3, 0.4) is 0 Å². The second-order valence-corrected chi connectivity index (χ2v) is 4.77. The Labute approximate surface area is 104 Å².